The Morgan fingerprint density at radius 1 is 1.43 bits per heavy atom. The van der Waals surface area contributed by atoms with Gasteiger partial charge in [-0.3, -0.25) is 9.59 Å². The van der Waals surface area contributed by atoms with Crippen molar-refractivity contribution in [2.24, 2.45) is 0 Å². The molecule has 0 bridgehead atoms. The molecule has 0 radical (unpaired) electrons. The summed E-state index contributed by atoms with van der Waals surface area (Å²) >= 11 is 0. The fraction of sp³-hybridized carbons (Fsp3) is 0.688. The molecule has 2 rings (SSSR count). The summed E-state index contributed by atoms with van der Waals surface area (Å²) < 4.78 is 10.3. The van der Waals surface area contributed by atoms with Gasteiger partial charge in [0.2, 0.25) is 11.8 Å². The highest BCUT2D eigenvalue weighted by molar-refractivity contribution is 5.93. The van der Waals surface area contributed by atoms with Crippen molar-refractivity contribution in [3.8, 4) is 0 Å². The predicted octanol–water partition coefficient (Wildman–Crippen LogP) is 2.20. The van der Waals surface area contributed by atoms with Crippen molar-refractivity contribution >= 4 is 17.6 Å². The van der Waals surface area contributed by atoms with Crippen LogP contribution in [-0.2, 0) is 14.3 Å². The molecule has 1 fully saturated rings. The van der Waals surface area contributed by atoms with Gasteiger partial charge in [0.15, 0.2) is 5.82 Å². The lowest BCUT2D eigenvalue weighted by Gasteiger charge is -2.25. The van der Waals surface area contributed by atoms with Crippen LogP contribution in [0.2, 0.25) is 0 Å². The first-order valence-corrected chi connectivity index (χ1v) is 8.28. The molecule has 1 aliphatic rings. The topological polar surface area (TPSA) is 84.7 Å². The maximum atomic E-state index is 12.4. The van der Waals surface area contributed by atoms with Gasteiger partial charge in [-0.25, -0.2) is 0 Å². The second kappa shape index (κ2) is 9.29. The van der Waals surface area contributed by atoms with E-state index < -0.39 is 0 Å². The number of hydrogen-bond donors (Lipinski definition) is 1. The third-order valence-corrected chi connectivity index (χ3v) is 3.83. The smallest absolute Gasteiger partial charge is 0.245 e. The Hall–Kier alpha value is -1.89. The molecule has 2 amide bonds. The number of aromatic nitrogens is 1. The van der Waals surface area contributed by atoms with Gasteiger partial charge in [0.25, 0.3) is 0 Å². The first-order valence-electron chi connectivity index (χ1n) is 8.28. The zero-order valence-electron chi connectivity index (χ0n) is 13.6. The van der Waals surface area contributed by atoms with Crippen molar-refractivity contribution in [3.05, 3.63) is 12.3 Å². The van der Waals surface area contributed by atoms with Gasteiger partial charge in [-0.2, -0.15) is 0 Å². The summed E-state index contributed by atoms with van der Waals surface area (Å²) in [5.74, 6) is 0.0792. The van der Waals surface area contributed by atoms with E-state index in [1.807, 2.05) is 0 Å². The molecular weight excluding hydrogens is 298 g/mol. The highest BCUT2D eigenvalue weighted by atomic mass is 16.5. The second-order valence-electron chi connectivity index (χ2n) is 5.80. The molecule has 0 aliphatic carbocycles. The second-order valence-corrected chi connectivity index (χ2v) is 5.80. The normalized spacial score (nSPS) is 17.2. The molecule has 7 nitrogen and oxygen atoms in total. The molecule has 1 atom stereocenters. The Kier molecular flexibility index (Phi) is 7.06. The van der Waals surface area contributed by atoms with Crippen molar-refractivity contribution in [2.75, 3.05) is 25.0 Å². The molecule has 2 heterocycles. The van der Waals surface area contributed by atoms with Crippen molar-refractivity contribution in [1.29, 1.82) is 0 Å². The van der Waals surface area contributed by atoms with Gasteiger partial charge in [0.05, 0.1) is 12.6 Å². The number of unbranched alkanes of at least 4 members (excludes halogenated alkanes) is 2. The molecular formula is C16H25N3O4. The fourth-order valence-electron chi connectivity index (χ4n) is 2.61. The fourth-order valence-corrected chi connectivity index (χ4v) is 2.61. The highest BCUT2D eigenvalue weighted by Gasteiger charge is 2.24. The number of amides is 2. The van der Waals surface area contributed by atoms with E-state index in [4.69, 9.17) is 4.74 Å². The molecule has 7 heteroatoms. The Labute approximate surface area is 136 Å². The molecule has 1 aliphatic heterocycles. The standard InChI is InChI=1S/C16H25N3O4/c1-2-3-4-7-16(21)19(11-13-6-5-9-22-13)12-15(20)17-14-8-10-23-18-14/h8,10,13H,2-7,9,11-12H2,1H3,(H,17,18,20)/t13-/m0/s1. The van der Waals surface area contributed by atoms with Crippen LogP contribution in [0.25, 0.3) is 0 Å². The number of carbonyl (C=O) groups is 2. The lowest BCUT2D eigenvalue weighted by atomic mass is 10.1. The van der Waals surface area contributed by atoms with Crippen LogP contribution in [0.3, 0.4) is 0 Å². The van der Waals surface area contributed by atoms with Gasteiger partial charge < -0.3 is 19.5 Å². The maximum Gasteiger partial charge on any atom is 0.245 e. The van der Waals surface area contributed by atoms with E-state index in [0.717, 1.165) is 38.7 Å². The number of nitrogens with zero attached hydrogens (tertiary/aromatic N) is 2. The first kappa shape index (κ1) is 17.5. The van der Waals surface area contributed by atoms with E-state index in [1.165, 1.54) is 6.26 Å². The minimum atomic E-state index is -0.277. The average molecular weight is 323 g/mol. The van der Waals surface area contributed by atoms with Gasteiger partial charge in [-0.1, -0.05) is 24.9 Å². The van der Waals surface area contributed by atoms with Crippen LogP contribution in [0, 0.1) is 0 Å². The van der Waals surface area contributed by atoms with Crippen molar-refractivity contribution in [1.82, 2.24) is 10.1 Å². The zero-order chi connectivity index (χ0) is 16.5. The number of carbonyl (C=O) groups excluding carboxylic acids is 2. The van der Waals surface area contributed by atoms with Gasteiger partial charge in [-0.05, 0) is 19.3 Å². The molecule has 0 spiro atoms. The summed E-state index contributed by atoms with van der Waals surface area (Å²) in [6.07, 6.45) is 6.76. The molecule has 1 N–H and O–H groups in total. The minimum absolute atomic E-state index is 0.00394. The van der Waals surface area contributed by atoms with E-state index in [1.54, 1.807) is 11.0 Å². The molecule has 1 aromatic heterocycles. The number of rotatable bonds is 9. The highest BCUT2D eigenvalue weighted by Crippen LogP contribution is 2.15. The molecule has 1 aromatic rings. The van der Waals surface area contributed by atoms with Gasteiger partial charge in [-0.15, -0.1) is 0 Å². The number of anilines is 1. The molecule has 0 unspecified atom stereocenters. The average Bonchev–Trinajstić information content (AvgIpc) is 3.20. The van der Waals surface area contributed by atoms with Crippen LogP contribution in [0.4, 0.5) is 5.82 Å². The van der Waals surface area contributed by atoms with E-state index in [9.17, 15) is 9.59 Å². The summed E-state index contributed by atoms with van der Waals surface area (Å²) in [4.78, 5) is 26.1. The van der Waals surface area contributed by atoms with E-state index in [0.29, 0.717) is 18.8 Å². The summed E-state index contributed by atoms with van der Waals surface area (Å²) in [6, 6.07) is 1.56. The lowest BCUT2D eigenvalue weighted by molar-refractivity contribution is -0.136. The summed E-state index contributed by atoms with van der Waals surface area (Å²) in [5, 5.41) is 6.26. The quantitative estimate of drug-likeness (QED) is 0.704. The van der Waals surface area contributed by atoms with E-state index >= 15 is 0 Å². The molecule has 23 heavy (non-hydrogen) atoms. The maximum absolute atomic E-state index is 12.4. The van der Waals surface area contributed by atoms with Crippen LogP contribution in [0.5, 0.6) is 0 Å². The molecule has 0 aromatic carbocycles. The van der Waals surface area contributed by atoms with Gasteiger partial charge >= 0.3 is 0 Å². The molecule has 1 saturated heterocycles. The summed E-state index contributed by atoms with van der Waals surface area (Å²) in [7, 11) is 0. The van der Waals surface area contributed by atoms with E-state index in [-0.39, 0.29) is 24.5 Å². The Bertz CT molecular complexity index is 484. The Morgan fingerprint density at radius 3 is 2.96 bits per heavy atom. The van der Waals surface area contributed by atoms with Crippen LogP contribution < -0.4 is 5.32 Å². The SMILES string of the molecule is CCCCCC(=O)N(CC(=O)Nc1ccon1)C[C@@H]1CCCO1. The number of hydrogen-bond acceptors (Lipinski definition) is 5. The van der Waals surface area contributed by atoms with Crippen molar-refractivity contribution in [2.45, 2.75) is 51.6 Å². The molecule has 128 valence electrons. The Balaban J connectivity index is 1.88. The summed E-state index contributed by atoms with van der Waals surface area (Å²) in [6.45, 7) is 3.31. The number of nitrogens with one attached hydrogen (secondary N) is 1. The lowest BCUT2D eigenvalue weighted by Crippen LogP contribution is -2.42. The monoisotopic (exact) mass is 323 g/mol. The zero-order valence-corrected chi connectivity index (χ0v) is 13.6. The minimum Gasteiger partial charge on any atom is -0.376 e. The van der Waals surface area contributed by atoms with Crippen LogP contribution >= 0.6 is 0 Å². The van der Waals surface area contributed by atoms with Crippen LogP contribution in [0.1, 0.15) is 45.4 Å². The summed E-state index contributed by atoms with van der Waals surface area (Å²) in [5.41, 5.74) is 0. The van der Waals surface area contributed by atoms with Gasteiger partial charge in [0.1, 0.15) is 6.26 Å². The molecule has 0 saturated carbocycles. The third kappa shape index (κ3) is 6.02. The van der Waals surface area contributed by atoms with Crippen molar-refractivity contribution in [3.63, 3.8) is 0 Å². The Morgan fingerprint density at radius 2 is 2.30 bits per heavy atom. The van der Waals surface area contributed by atoms with E-state index in [2.05, 4.69) is 21.9 Å². The third-order valence-electron chi connectivity index (χ3n) is 3.83. The van der Waals surface area contributed by atoms with Crippen LogP contribution in [-0.4, -0.2) is 47.7 Å². The number of ether oxygens (including phenoxy) is 1. The van der Waals surface area contributed by atoms with Gasteiger partial charge in [0, 0.05) is 25.6 Å². The first-order chi connectivity index (χ1) is 11.2. The van der Waals surface area contributed by atoms with Crippen molar-refractivity contribution < 1.29 is 18.8 Å². The largest absolute Gasteiger partial charge is 0.376 e. The predicted molar refractivity (Wildman–Crippen MR) is 84.8 cm³/mol. The van der Waals surface area contributed by atoms with Crippen LogP contribution in [0.15, 0.2) is 16.9 Å².